The summed E-state index contributed by atoms with van der Waals surface area (Å²) in [4.78, 5) is 11.7. The number of carbonyl (C=O) groups is 1. The molecule has 110 valence electrons. The van der Waals surface area contributed by atoms with E-state index in [2.05, 4.69) is 5.32 Å². The number of rotatable bonds is 4. The third-order valence-electron chi connectivity index (χ3n) is 3.22. The standard InChI is InChI=1S/C13H14F4N2O/c14-12(15)13(16,17)7-19-11(20)10-5-8-3-1-2-4-9(8)6-18-10/h1-4,10,12,18H,5-7H2,(H,19,20)/t10-/m1/s1. The Labute approximate surface area is 113 Å². The molecule has 2 N–H and O–H groups in total. The molecule has 1 atom stereocenters. The molecule has 0 aromatic heterocycles. The molecule has 0 spiro atoms. The van der Waals surface area contributed by atoms with Gasteiger partial charge in [-0.15, -0.1) is 0 Å². The van der Waals surface area contributed by atoms with E-state index in [0.717, 1.165) is 11.1 Å². The van der Waals surface area contributed by atoms with Crippen molar-refractivity contribution in [3.63, 3.8) is 0 Å². The molecule has 0 aliphatic carbocycles. The van der Waals surface area contributed by atoms with Gasteiger partial charge in [-0.1, -0.05) is 24.3 Å². The van der Waals surface area contributed by atoms with Crippen LogP contribution in [0.1, 0.15) is 11.1 Å². The van der Waals surface area contributed by atoms with E-state index in [4.69, 9.17) is 0 Å². The molecule has 1 aliphatic rings. The highest BCUT2D eigenvalue weighted by Crippen LogP contribution is 2.22. The molecular weight excluding hydrogens is 276 g/mol. The Morgan fingerprint density at radius 2 is 2.00 bits per heavy atom. The van der Waals surface area contributed by atoms with Crippen molar-refractivity contribution in [3.05, 3.63) is 35.4 Å². The zero-order valence-corrected chi connectivity index (χ0v) is 10.5. The van der Waals surface area contributed by atoms with E-state index >= 15 is 0 Å². The van der Waals surface area contributed by atoms with Gasteiger partial charge in [0.25, 0.3) is 0 Å². The van der Waals surface area contributed by atoms with Crippen LogP contribution in [0.15, 0.2) is 24.3 Å². The van der Waals surface area contributed by atoms with Crippen LogP contribution < -0.4 is 10.6 Å². The van der Waals surface area contributed by atoms with E-state index in [-0.39, 0.29) is 0 Å². The van der Waals surface area contributed by atoms with E-state index in [9.17, 15) is 22.4 Å². The highest BCUT2D eigenvalue weighted by Gasteiger charge is 2.41. The second-order valence-electron chi connectivity index (χ2n) is 4.69. The van der Waals surface area contributed by atoms with Gasteiger partial charge in [0.2, 0.25) is 5.91 Å². The molecule has 0 unspecified atom stereocenters. The molecule has 0 saturated carbocycles. The van der Waals surface area contributed by atoms with Crippen molar-refractivity contribution in [1.29, 1.82) is 0 Å². The van der Waals surface area contributed by atoms with Crippen molar-refractivity contribution in [2.45, 2.75) is 31.4 Å². The van der Waals surface area contributed by atoms with Crippen LogP contribution in [0.3, 0.4) is 0 Å². The molecule has 7 heteroatoms. The SMILES string of the molecule is O=C(NCC(F)(F)C(F)F)[C@H]1Cc2ccccc2CN1. The van der Waals surface area contributed by atoms with E-state index in [0.29, 0.717) is 13.0 Å². The summed E-state index contributed by atoms with van der Waals surface area (Å²) < 4.78 is 49.4. The lowest BCUT2D eigenvalue weighted by Crippen LogP contribution is -2.51. The second kappa shape index (κ2) is 5.78. The summed E-state index contributed by atoms with van der Waals surface area (Å²) in [6, 6.07) is 6.76. The Hall–Kier alpha value is -1.63. The maximum atomic E-state index is 12.7. The maximum absolute atomic E-state index is 12.7. The van der Waals surface area contributed by atoms with Gasteiger partial charge in [-0.25, -0.2) is 8.78 Å². The van der Waals surface area contributed by atoms with Crippen molar-refractivity contribution >= 4 is 5.91 Å². The number of halogens is 4. The van der Waals surface area contributed by atoms with E-state index in [1.54, 1.807) is 0 Å². The molecule has 1 aliphatic heterocycles. The Balaban J connectivity index is 1.92. The van der Waals surface area contributed by atoms with Crippen molar-refractivity contribution in [2.24, 2.45) is 0 Å². The molecule has 0 radical (unpaired) electrons. The Kier molecular flexibility index (Phi) is 4.27. The van der Waals surface area contributed by atoms with Gasteiger partial charge in [0.15, 0.2) is 0 Å². The molecule has 3 nitrogen and oxygen atoms in total. The number of hydrogen-bond acceptors (Lipinski definition) is 2. The molecule has 1 heterocycles. The zero-order chi connectivity index (χ0) is 14.8. The van der Waals surface area contributed by atoms with E-state index in [1.807, 2.05) is 29.6 Å². The first kappa shape index (κ1) is 14.8. The van der Waals surface area contributed by atoms with Gasteiger partial charge in [-0.3, -0.25) is 4.79 Å². The molecular formula is C13H14F4N2O. The number of nitrogens with one attached hydrogen (secondary N) is 2. The minimum Gasteiger partial charge on any atom is -0.348 e. The molecule has 0 saturated heterocycles. The quantitative estimate of drug-likeness (QED) is 0.829. The Morgan fingerprint density at radius 1 is 1.35 bits per heavy atom. The largest absolute Gasteiger partial charge is 0.348 e. The van der Waals surface area contributed by atoms with Crippen LogP contribution in [0.4, 0.5) is 17.6 Å². The fourth-order valence-corrected chi connectivity index (χ4v) is 2.05. The fraction of sp³-hybridized carbons (Fsp3) is 0.462. The first-order valence-corrected chi connectivity index (χ1v) is 6.14. The average Bonchev–Trinajstić information content (AvgIpc) is 2.44. The van der Waals surface area contributed by atoms with Gasteiger partial charge in [0.05, 0.1) is 12.6 Å². The lowest BCUT2D eigenvalue weighted by molar-refractivity contribution is -0.137. The highest BCUT2D eigenvalue weighted by atomic mass is 19.3. The number of hydrogen-bond donors (Lipinski definition) is 2. The van der Waals surface area contributed by atoms with Crippen molar-refractivity contribution in [2.75, 3.05) is 6.54 Å². The van der Waals surface area contributed by atoms with Gasteiger partial charge in [0, 0.05) is 6.54 Å². The molecule has 1 aromatic rings. The molecule has 0 fully saturated rings. The zero-order valence-electron chi connectivity index (χ0n) is 10.5. The van der Waals surface area contributed by atoms with Crippen LogP contribution in [0, 0.1) is 0 Å². The maximum Gasteiger partial charge on any atom is 0.324 e. The third kappa shape index (κ3) is 3.27. The molecule has 1 aromatic carbocycles. The Bertz CT molecular complexity index is 493. The van der Waals surface area contributed by atoms with Gasteiger partial charge >= 0.3 is 12.3 Å². The molecule has 1 amide bonds. The van der Waals surface area contributed by atoms with Gasteiger partial charge in [-0.2, -0.15) is 8.78 Å². The van der Waals surface area contributed by atoms with Crippen LogP contribution in [0.2, 0.25) is 0 Å². The van der Waals surface area contributed by atoms with Crippen LogP contribution in [-0.4, -0.2) is 30.8 Å². The fourth-order valence-electron chi connectivity index (χ4n) is 2.05. The van der Waals surface area contributed by atoms with Crippen molar-refractivity contribution in [3.8, 4) is 0 Å². The number of benzene rings is 1. The van der Waals surface area contributed by atoms with Crippen LogP contribution in [0.5, 0.6) is 0 Å². The summed E-state index contributed by atoms with van der Waals surface area (Å²) in [5.41, 5.74) is 1.99. The number of amides is 1. The second-order valence-corrected chi connectivity index (χ2v) is 4.69. The minimum absolute atomic E-state index is 0.349. The van der Waals surface area contributed by atoms with Crippen molar-refractivity contribution < 1.29 is 22.4 Å². The monoisotopic (exact) mass is 290 g/mol. The topological polar surface area (TPSA) is 41.1 Å². The number of fused-ring (bicyclic) bond motifs is 1. The highest BCUT2D eigenvalue weighted by molar-refractivity contribution is 5.82. The first-order valence-electron chi connectivity index (χ1n) is 6.14. The van der Waals surface area contributed by atoms with E-state index < -0.39 is 30.8 Å². The first-order chi connectivity index (χ1) is 9.40. The summed E-state index contributed by atoms with van der Waals surface area (Å²) in [6.07, 6.45) is -3.44. The van der Waals surface area contributed by atoms with E-state index in [1.165, 1.54) is 0 Å². The molecule has 20 heavy (non-hydrogen) atoms. The summed E-state index contributed by atoms with van der Waals surface area (Å²) in [7, 11) is 0. The summed E-state index contributed by atoms with van der Waals surface area (Å²) in [5.74, 6) is -4.90. The summed E-state index contributed by atoms with van der Waals surface area (Å²) in [5, 5.41) is 4.77. The van der Waals surface area contributed by atoms with Gasteiger partial charge in [0.1, 0.15) is 0 Å². The lowest BCUT2D eigenvalue weighted by atomic mass is 9.95. The van der Waals surface area contributed by atoms with Gasteiger partial charge in [-0.05, 0) is 17.5 Å². The number of alkyl halides is 4. The predicted molar refractivity (Wildman–Crippen MR) is 64.7 cm³/mol. The molecule has 2 rings (SSSR count). The lowest BCUT2D eigenvalue weighted by Gasteiger charge is -2.26. The van der Waals surface area contributed by atoms with Crippen molar-refractivity contribution in [1.82, 2.24) is 10.6 Å². The van der Waals surface area contributed by atoms with Gasteiger partial charge < -0.3 is 10.6 Å². The summed E-state index contributed by atoms with van der Waals surface area (Å²) in [6.45, 7) is -0.914. The van der Waals surface area contributed by atoms with Crippen LogP contribution >= 0.6 is 0 Å². The minimum atomic E-state index is -4.21. The third-order valence-corrected chi connectivity index (χ3v) is 3.22. The number of carbonyl (C=O) groups excluding carboxylic acids is 1. The Morgan fingerprint density at radius 3 is 2.65 bits per heavy atom. The smallest absolute Gasteiger partial charge is 0.324 e. The van der Waals surface area contributed by atoms with Crippen LogP contribution in [-0.2, 0) is 17.8 Å². The summed E-state index contributed by atoms with van der Waals surface area (Å²) >= 11 is 0. The van der Waals surface area contributed by atoms with Crippen LogP contribution in [0.25, 0.3) is 0 Å². The normalized spacial score (nSPS) is 18.8. The molecule has 0 bridgehead atoms. The predicted octanol–water partition coefficient (Wildman–Crippen LogP) is 1.72. The average molecular weight is 290 g/mol.